The van der Waals surface area contributed by atoms with Crippen molar-refractivity contribution < 1.29 is 19.0 Å². The summed E-state index contributed by atoms with van der Waals surface area (Å²) in [5.41, 5.74) is 6.08. The molecule has 3 aromatic rings. The van der Waals surface area contributed by atoms with Crippen LogP contribution >= 0.6 is 0 Å². The van der Waals surface area contributed by atoms with E-state index in [1.54, 1.807) is 30.5 Å². The van der Waals surface area contributed by atoms with Gasteiger partial charge >= 0.3 is 0 Å². The Hall–Kier alpha value is -3.80. The summed E-state index contributed by atoms with van der Waals surface area (Å²) in [5, 5.41) is 4.07. The first kappa shape index (κ1) is 22.9. The second-order valence-corrected chi connectivity index (χ2v) is 7.06. The van der Waals surface area contributed by atoms with Crippen molar-refractivity contribution in [3.63, 3.8) is 0 Å². The van der Waals surface area contributed by atoms with Crippen LogP contribution in [-0.4, -0.2) is 25.3 Å². The van der Waals surface area contributed by atoms with Crippen LogP contribution in [0, 0.1) is 6.92 Å². The molecule has 32 heavy (non-hydrogen) atoms. The lowest BCUT2D eigenvalue weighted by Gasteiger charge is -2.10. The molecule has 0 saturated carbocycles. The summed E-state index contributed by atoms with van der Waals surface area (Å²) < 4.78 is 16.9. The van der Waals surface area contributed by atoms with Crippen molar-refractivity contribution in [1.82, 2.24) is 5.43 Å². The van der Waals surface area contributed by atoms with Crippen LogP contribution < -0.4 is 19.6 Å². The molecule has 0 radical (unpaired) electrons. The lowest BCUT2D eigenvalue weighted by Crippen LogP contribution is -2.17. The Kier molecular flexibility index (Phi) is 8.26. The number of ether oxygens (including phenoxy) is 3. The molecule has 1 amide bonds. The van der Waals surface area contributed by atoms with Gasteiger partial charge in [0.2, 0.25) is 0 Å². The topological polar surface area (TPSA) is 69.2 Å². The lowest BCUT2D eigenvalue weighted by atomic mass is 10.2. The maximum atomic E-state index is 12.4. The Bertz CT molecular complexity index is 1040. The van der Waals surface area contributed by atoms with Gasteiger partial charge in [-0.25, -0.2) is 5.43 Å². The zero-order chi connectivity index (χ0) is 22.8. The molecule has 1 N–H and O–H groups in total. The number of benzene rings is 3. The molecular weight excluding hydrogens is 404 g/mol. The van der Waals surface area contributed by atoms with Crippen LogP contribution in [0.2, 0.25) is 0 Å². The molecule has 0 fully saturated rings. The Morgan fingerprint density at radius 2 is 1.56 bits per heavy atom. The number of nitrogens with one attached hydrogen (secondary N) is 1. The van der Waals surface area contributed by atoms with Gasteiger partial charge < -0.3 is 14.2 Å². The number of hydrogen-bond donors (Lipinski definition) is 1. The van der Waals surface area contributed by atoms with Crippen LogP contribution in [0.3, 0.4) is 0 Å². The summed E-state index contributed by atoms with van der Waals surface area (Å²) in [6.07, 6.45) is 1.55. The monoisotopic (exact) mass is 432 g/mol. The summed E-state index contributed by atoms with van der Waals surface area (Å²) in [6, 6.07) is 20.6. The maximum Gasteiger partial charge on any atom is 0.271 e. The summed E-state index contributed by atoms with van der Waals surface area (Å²) in [6.45, 7) is 7.44. The largest absolute Gasteiger partial charge is 0.494 e. The highest BCUT2D eigenvalue weighted by Gasteiger charge is 2.07. The van der Waals surface area contributed by atoms with Crippen LogP contribution in [-0.2, 0) is 6.61 Å². The highest BCUT2D eigenvalue weighted by atomic mass is 16.5. The molecule has 0 aliphatic heterocycles. The zero-order valence-corrected chi connectivity index (χ0v) is 18.6. The average Bonchev–Trinajstić information content (AvgIpc) is 2.81. The Labute approximate surface area is 188 Å². The van der Waals surface area contributed by atoms with E-state index in [4.69, 9.17) is 14.2 Å². The van der Waals surface area contributed by atoms with E-state index in [9.17, 15) is 4.79 Å². The minimum Gasteiger partial charge on any atom is -0.494 e. The molecule has 0 saturated heterocycles. The normalized spacial score (nSPS) is 10.7. The molecule has 3 aromatic carbocycles. The Balaban J connectivity index is 1.56. The van der Waals surface area contributed by atoms with Gasteiger partial charge in [-0.2, -0.15) is 5.10 Å². The third-order valence-electron chi connectivity index (χ3n) is 4.61. The molecule has 6 nitrogen and oxygen atoms in total. The van der Waals surface area contributed by atoms with Crippen LogP contribution in [0.1, 0.15) is 40.9 Å². The number of carbonyl (C=O) groups excluding carboxylic acids is 1. The number of hydrazone groups is 1. The number of nitrogens with zero attached hydrogens (tertiary/aromatic N) is 1. The van der Waals surface area contributed by atoms with Gasteiger partial charge in [0.05, 0.1) is 19.4 Å². The smallest absolute Gasteiger partial charge is 0.271 e. The zero-order valence-electron chi connectivity index (χ0n) is 18.6. The van der Waals surface area contributed by atoms with Crippen LogP contribution in [0.15, 0.2) is 71.8 Å². The standard InChI is InChI=1S/C26H28N2O4/c1-4-30-24-15-12-22(25(16-24)31-5-2)17-27-28-26(29)21-10-13-23(14-11-21)32-18-20-8-6-19(3)7-9-20/h6-17H,4-5,18H2,1-3H3,(H,28,29). The number of amides is 1. The number of aryl methyl sites for hydroxylation is 1. The van der Waals surface area contributed by atoms with Gasteiger partial charge in [-0.15, -0.1) is 0 Å². The van der Waals surface area contributed by atoms with Gasteiger partial charge in [-0.3, -0.25) is 4.79 Å². The fourth-order valence-electron chi connectivity index (χ4n) is 2.94. The van der Waals surface area contributed by atoms with Crippen LogP contribution in [0.5, 0.6) is 17.2 Å². The number of hydrogen-bond acceptors (Lipinski definition) is 5. The molecule has 0 aliphatic rings. The van der Waals surface area contributed by atoms with E-state index in [1.807, 2.05) is 44.2 Å². The third-order valence-corrected chi connectivity index (χ3v) is 4.61. The average molecular weight is 433 g/mol. The predicted molar refractivity (Wildman–Crippen MR) is 126 cm³/mol. The van der Waals surface area contributed by atoms with E-state index < -0.39 is 0 Å². The minimum absolute atomic E-state index is 0.310. The van der Waals surface area contributed by atoms with E-state index in [0.717, 1.165) is 16.9 Å². The molecule has 0 aliphatic carbocycles. The highest BCUT2D eigenvalue weighted by molar-refractivity contribution is 5.95. The van der Waals surface area contributed by atoms with Gasteiger partial charge in [0.15, 0.2) is 0 Å². The second-order valence-electron chi connectivity index (χ2n) is 7.06. The van der Waals surface area contributed by atoms with E-state index >= 15 is 0 Å². The molecule has 0 spiro atoms. The number of carbonyl (C=O) groups is 1. The van der Waals surface area contributed by atoms with Gasteiger partial charge in [0.1, 0.15) is 23.9 Å². The summed E-state index contributed by atoms with van der Waals surface area (Å²) in [4.78, 5) is 12.4. The van der Waals surface area contributed by atoms with Crippen molar-refractivity contribution in [2.75, 3.05) is 13.2 Å². The van der Waals surface area contributed by atoms with Crippen molar-refractivity contribution in [1.29, 1.82) is 0 Å². The molecule has 0 heterocycles. The molecule has 3 rings (SSSR count). The van der Waals surface area contributed by atoms with Crippen molar-refractivity contribution in [3.8, 4) is 17.2 Å². The van der Waals surface area contributed by atoms with E-state index in [0.29, 0.717) is 36.9 Å². The van der Waals surface area contributed by atoms with Crippen molar-refractivity contribution in [2.45, 2.75) is 27.4 Å². The van der Waals surface area contributed by atoms with E-state index in [2.05, 4.69) is 29.6 Å². The van der Waals surface area contributed by atoms with Crippen LogP contribution in [0.4, 0.5) is 0 Å². The number of rotatable bonds is 10. The molecule has 166 valence electrons. The van der Waals surface area contributed by atoms with E-state index in [1.165, 1.54) is 5.56 Å². The first-order valence-electron chi connectivity index (χ1n) is 10.6. The van der Waals surface area contributed by atoms with Crippen molar-refractivity contribution in [2.24, 2.45) is 5.10 Å². The van der Waals surface area contributed by atoms with Gasteiger partial charge in [-0.05, 0) is 62.7 Å². The van der Waals surface area contributed by atoms with Gasteiger partial charge in [0, 0.05) is 17.2 Å². The summed E-state index contributed by atoms with van der Waals surface area (Å²) in [5.74, 6) is 1.75. The molecule has 0 unspecified atom stereocenters. The minimum atomic E-state index is -0.310. The molecule has 0 atom stereocenters. The van der Waals surface area contributed by atoms with Crippen molar-refractivity contribution in [3.05, 3.63) is 89.0 Å². The fraction of sp³-hybridized carbons (Fsp3) is 0.231. The summed E-state index contributed by atoms with van der Waals surface area (Å²) in [7, 11) is 0. The predicted octanol–water partition coefficient (Wildman–Crippen LogP) is 5.14. The molecule has 6 heteroatoms. The third kappa shape index (κ3) is 6.60. The first-order chi connectivity index (χ1) is 15.6. The first-order valence-corrected chi connectivity index (χ1v) is 10.6. The molecule has 0 bridgehead atoms. The van der Waals surface area contributed by atoms with Crippen LogP contribution in [0.25, 0.3) is 0 Å². The maximum absolute atomic E-state index is 12.4. The summed E-state index contributed by atoms with van der Waals surface area (Å²) >= 11 is 0. The van der Waals surface area contributed by atoms with Gasteiger partial charge in [0.25, 0.3) is 5.91 Å². The highest BCUT2D eigenvalue weighted by Crippen LogP contribution is 2.24. The SMILES string of the molecule is CCOc1ccc(C=NNC(=O)c2ccc(OCc3ccc(C)cc3)cc2)c(OCC)c1. The molecule has 0 aromatic heterocycles. The lowest BCUT2D eigenvalue weighted by molar-refractivity contribution is 0.0955. The Morgan fingerprint density at radius 3 is 2.25 bits per heavy atom. The Morgan fingerprint density at radius 1 is 0.875 bits per heavy atom. The van der Waals surface area contributed by atoms with Crippen molar-refractivity contribution >= 4 is 12.1 Å². The van der Waals surface area contributed by atoms with Gasteiger partial charge in [-0.1, -0.05) is 29.8 Å². The quantitative estimate of drug-likeness (QED) is 0.356. The fourth-order valence-corrected chi connectivity index (χ4v) is 2.94. The molecular formula is C26H28N2O4. The van der Waals surface area contributed by atoms with E-state index in [-0.39, 0.29) is 5.91 Å². The second kappa shape index (κ2) is 11.6.